The first-order valence-electron chi connectivity index (χ1n) is 11.9. The first kappa shape index (κ1) is 27.8. The number of rotatable bonds is 12. The molecule has 0 saturated carbocycles. The van der Waals surface area contributed by atoms with Crippen molar-refractivity contribution < 1.29 is 24.3 Å². The van der Waals surface area contributed by atoms with E-state index in [0.717, 1.165) is 16.5 Å². The first-order valence-corrected chi connectivity index (χ1v) is 11.9. The topological polar surface area (TPSA) is 166 Å². The average Bonchev–Trinajstić information content (AvgIpc) is 3.22. The predicted molar refractivity (Wildman–Crippen MR) is 133 cm³/mol. The summed E-state index contributed by atoms with van der Waals surface area (Å²) in [5.41, 5.74) is 8.02. The molecule has 0 saturated heterocycles. The van der Waals surface area contributed by atoms with Crippen molar-refractivity contribution in [3.63, 3.8) is 0 Å². The van der Waals surface area contributed by atoms with Gasteiger partial charge in [0.25, 0.3) is 0 Å². The van der Waals surface area contributed by atoms with Gasteiger partial charge in [0.1, 0.15) is 18.1 Å². The van der Waals surface area contributed by atoms with Crippen LogP contribution in [0.25, 0.3) is 10.9 Å². The Bertz CT molecular complexity index is 1050. The second-order valence-corrected chi connectivity index (χ2v) is 9.34. The molecular formula is C25H37N5O5. The average molecular weight is 488 g/mol. The number of para-hydroxylation sites is 1. The van der Waals surface area contributed by atoms with Crippen LogP contribution in [0.1, 0.15) is 46.6 Å². The molecule has 2 aromatic rings. The van der Waals surface area contributed by atoms with Gasteiger partial charge in [0, 0.05) is 17.1 Å². The van der Waals surface area contributed by atoms with Crippen LogP contribution in [0.15, 0.2) is 30.5 Å². The minimum absolute atomic E-state index is 0.225. The Hall–Kier alpha value is -3.40. The van der Waals surface area contributed by atoms with E-state index >= 15 is 0 Å². The highest BCUT2D eigenvalue weighted by atomic mass is 16.4. The smallest absolute Gasteiger partial charge is 0.326 e. The fourth-order valence-corrected chi connectivity index (χ4v) is 3.75. The molecule has 10 heteroatoms. The van der Waals surface area contributed by atoms with Crippen molar-refractivity contribution in [1.29, 1.82) is 0 Å². The summed E-state index contributed by atoms with van der Waals surface area (Å²) in [6.45, 7) is 8.52. The van der Waals surface area contributed by atoms with Gasteiger partial charge in [0.05, 0.1) is 6.04 Å². The van der Waals surface area contributed by atoms with Gasteiger partial charge < -0.3 is 31.8 Å². The van der Waals surface area contributed by atoms with Crippen LogP contribution < -0.4 is 21.7 Å². The monoisotopic (exact) mass is 487 g/mol. The molecule has 0 aliphatic carbocycles. The van der Waals surface area contributed by atoms with E-state index in [-0.39, 0.29) is 18.3 Å². The van der Waals surface area contributed by atoms with Crippen molar-refractivity contribution in [2.24, 2.45) is 17.6 Å². The summed E-state index contributed by atoms with van der Waals surface area (Å²) in [6, 6.07) is 3.85. The molecule has 7 N–H and O–H groups in total. The van der Waals surface area contributed by atoms with Gasteiger partial charge in [-0.1, -0.05) is 52.3 Å². The van der Waals surface area contributed by atoms with Crippen LogP contribution >= 0.6 is 0 Å². The number of carbonyl (C=O) groups excluding carboxylic acids is 3. The summed E-state index contributed by atoms with van der Waals surface area (Å²) in [5.74, 6) is -3.34. The van der Waals surface area contributed by atoms with Crippen LogP contribution in [-0.2, 0) is 25.6 Å². The van der Waals surface area contributed by atoms with Gasteiger partial charge in [0.15, 0.2) is 0 Å². The Morgan fingerprint density at radius 3 is 2.17 bits per heavy atom. The normalized spacial score (nSPS) is 15.6. The number of H-pyrrole nitrogens is 1. The summed E-state index contributed by atoms with van der Waals surface area (Å²) in [6.07, 6.45) is 2.71. The lowest BCUT2D eigenvalue weighted by atomic mass is 9.97. The Kier molecular flexibility index (Phi) is 9.82. The standard InChI is InChI=1S/C25H37N5O5/c1-6-14(4)21(24(33)28-15(5)22(31)29-20(13(2)3)25(34)35)30-23(32)18(26)11-16-12-27-19-10-8-7-9-17(16)19/h7-10,12-15,18,20-21,27H,6,11,26H2,1-5H3,(H,28,33)(H,29,31)(H,30,32)(H,34,35). The highest BCUT2D eigenvalue weighted by Gasteiger charge is 2.31. The fourth-order valence-electron chi connectivity index (χ4n) is 3.75. The van der Waals surface area contributed by atoms with Crippen molar-refractivity contribution in [1.82, 2.24) is 20.9 Å². The molecule has 0 radical (unpaired) electrons. The molecule has 0 aliphatic heterocycles. The van der Waals surface area contributed by atoms with E-state index < -0.39 is 47.9 Å². The molecule has 0 bridgehead atoms. The largest absolute Gasteiger partial charge is 0.480 e. The van der Waals surface area contributed by atoms with Gasteiger partial charge in [-0.3, -0.25) is 14.4 Å². The number of amides is 3. The Morgan fingerprint density at radius 2 is 1.57 bits per heavy atom. The number of carboxylic acids is 1. The Morgan fingerprint density at radius 1 is 0.943 bits per heavy atom. The second kappa shape index (κ2) is 12.3. The number of aromatic nitrogens is 1. The van der Waals surface area contributed by atoms with Gasteiger partial charge >= 0.3 is 5.97 Å². The molecule has 1 heterocycles. The summed E-state index contributed by atoms with van der Waals surface area (Å²) >= 11 is 0. The minimum atomic E-state index is -1.15. The number of carbonyl (C=O) groups is 4. The Balaban J connectivity index is 2.04. The highest BCUT2D eigenvalue weighted by Crippen LogP contribution is 2.19. The van der Waals surface area contributed by atoms with E-state index in [9.17, 15) is 24.3 Å². The molecule has 35 heavy (non-hydrogen) atoms. The summed E-state index contributed by atoms with van der Waals surface area (Å²) in [5, 5.41) is 18.0. The molecule has 2 rings (SSSR count). The lowest BCUT2D eigenvalue weighted by Gasteiger charge is -2.27. The van der Waals surface area contributed by atoms with Crippen molar-refractivity contribution >= 4 is 34.6 Å². The van der Waals surface area contributed by atoms with Crippen molar-refractivity contribution in [3.05, 3.63) is 36.0 Å². The summed E-state index contributed by atoms with van der Waals surface area (Å²) in [4.78, 5) is 52.9. The quantitative estimate of drug-likeness (QED) is 0.264. The van der Waals surface area contributed by atoms with E-state index in [1.54, 1.807) is 13.8 Å². The summed E-state index contributed by atoms with van der Waals surface area (Å²) < 4.78 is 0. The number of hydrogen-bond donors (Lipinski definition) is 6. The van der Waals surface area contributed by atoms with Crippen LogP contribution in [-0.4, -0.2) is 57.9 Å². The zero-order valence-electron chi connectivity index (χ0n) is 20.9. The zero-order chi connectivity index (χ0) is 26.3. The molecule has 0 aliphatic rings. The van der Waals surface area contributed by atoms with Gasteiger partial charge in [-0.05, 0) is 36.8 Å². The fraction of sp³-hybridized carbons (Fsp3) is 0.520. The maximum absolute atomic E-state index is 13.0. The molecule has 5 atom stereocenters. The van der Waals surface area contributed by atoms with Crippen LogP contribution in [0.5, 0.6) is 0 Å². The van der Waals surface area contributed by atoms with Crippen molar-refractivity contribution in [3.8, 4) is 0 Å². The number of nitrogens with one attached hydrogen (secondary N) is 4. The van der Waals surface area contributed by atoms with Gasteiger partial charge in [-0.15, -0.1) is 0 Å². The maximum Gasteiger partial charge on any atom is 0.326 e. The van der Waals surface area contributed by atoms with Gasteiger partial charge in [-0.2, -0.15) is 0 Å². The predicted octanol–water partition coefficient (Wildman–Crippen LogP) is 1.30. The summed E-state index contributed by atoms with van der Waals surface area (Å²) in [7, 11) is 0. The number of nitrogens with two attached hydrogens (primary N) is 1. The van der Waals surface area contributed by atoms with Crippen molar-refractivity contribution in [2.45, 2.75) is 71.6 Å². The maximum atomic E-state index is 13.0. The molecule has 10 nitrogen and oxygen atoms in total. The number of fused-ring (bicyclic) bond motifs is 1. The number of aliphatic carboxylic acids is 1. The minimum Gasteiger partial charge on any atom is -0.480 e. The number of carboxylic acid groups (broad SMARTS) is 1. The zero-order valence-corrected chi connectivity index (χ0v) is 20.9. The van der Waals surface area contributed by atoms with Crippen LogP contribution in [0, 0.1) is 11.8 Å². The van der Waals surface area contributed by atoms with Gasteiger partial charge in [0.2, 0.25) is 17.7 Å². The van der Waals surface area contributed by atoms with E-state index in [0.29, 0.717) is 6.42 Å². The number of hydrogen-bond acceptors (Lipinski definition) is 5. The highest BCUT2D eigenvalue weighted by molar-refractivity contribution is 5.94. The molecule has 1 aromatic heterocycles. The molecule has 5 unspecified atom stereocenters. The molecule has 3 amide bonds. The number of benzene rings is 1. The van der Waals surface area contributed by atoms with E-state index in [4.69, 9.17) is 5.73 Å². The van der Waals surface area contributed by atoms with Crippen LogP contribution in [0.2, 0.25) is 0 Å². The van der Waals surface area contributed by atoms with E-state index in [2.05, 4.69) is 20.9 Å². The molecule has 192 valence electrons. The van der Waals surface area contributed by atoms with Crippen LogP contribution in [0.4, 0.5) is 0 Å². The third-order valence-corrected chi connectivity index (χ3v) is 6.23. The Labute approximate surface area is 205 Å². The van der Waals surface area contributed by atoms with E-state index in [1.807, 2.05) is 44.3 Å². The number of aromatic amines is 1. The van der Waals surface area contributed by atoms with Crippen LogP contribution in [0.3, 0.4) is 0 Å². The molecule has 1 aromatic carbocycles. The molecule has 0 spiro atoms. The SMILES string of the molecule is CCC(C)C(NC(=O)C(N)Cc1c[nH]c2ccccc12)C(=O)NC(C)C(=O)NC(C(=O)O)C(C)C. The third kappa shape index (κ3) is 7.29. The van der Waals surface area contributed by atoms with Crippen molar-refractivity contribution in [2.75, 3.05) is 0 Å². The lowest BCUT2D eigenvalue weighted by Crippen LogP contribution is -2.58. The third-order valence-electron chi connectivity index (χ3n) is 6.23. The second-order valence-electron chi connectivity index (χ2n) is 9.34. The van der Waals surface area contributed by atoms with E-state index in [1.165, 1.54) is 6.92 Å². The molecular weight excluding hydrogens is 450 g/mol. The lowest BCUT2D eigenvalue weighted by molar-refractivity contribution is -0.143. The van der Waals surface area contributed by atoms with Gasteiger partial charge in [-0.25, -0.2) is 4.79 Å². The molecule has 0 fully saturated rings. The first-order chi connectivity index (χ1) is 16.5.